The maximum atomic E-state index is 12.2. The lowest BCUT2D eigenvalue weighted by atomic mass is 10.2. The minimum absolute atomic E-state index is 0. The third kappa shape index (κ3) is 11.4. The molecule has 0 spiro atoms. The number of nitrogens with two attached hydrogens (primary N) is 1. The number of furan rings is 1. The number of alkyl halides is 3. The fourth-order valence-corrected chi connectivity index (χ4v) is 3.06. The van der Waals surface area contributed by atoms with Crippen molar-refractivity contribution in [3.8, 4) is 0 Å². The lowest BCUT2D eigenvalue weighted by molar-refractivity contribution is -0.135. The molecule has 0 unspecified atom stereocenters. The number of rotatable bonds is 10. The molecule has 0 bridgehead atoms. The smallest absolute Gasteiger partial charge is 0.389 e. The summed E-state index contributed by atoms with van der Waals surface area (Å²) in [7, 11) is -3.76. The Kier molecular flexibility index (Phi) is 11.3. The summed E-state index contributed by atoms with van der Waals surface area (Å²) in [4.78, 5) is 4.42. The fourth-order valence-electron chi connectivity index (χ4n) is 2.55. The fraction of sp³-hybridized carbons (Fsp3) is 0.421. The number of nitrogens with zero attached hydrogens (tertiary/aromatic N) is 1. The second-order valence-corrected chi connectivity index (χ2v) is 8.17. The largest absolute Gasteiger partial charge is 0.469 e. The van der Waals surface area contributed by atoms with E-state index in [1.54, 1.807) is 24.5 Å². The SMILES string of the molecule is I.NS(=O)(=O)c1ccc(CN=C(NCCCCC(F)(F)F)NCCc2ccco2)cc1. The molecule has 0 amide bonds. The molecule has 7 nitrogen and oxygen atoms in total. The number of nitrogens with one attached hydrogen (secondary N) is 2. The van der Waals surface area contributed by atoms with E-state index in [4.69, 9.17) is 9.56 Å². The van der Waals surface area contributed by atoms with Crippen LogP contribution in [0.4, 0.5) is 13.2 Å². The van der Waals surface area contributed by atoms with Crippen LogP contribution in [-0.2, 0) is 23.0 Å². The summed E-state index contributed by atoms with van der Waals surface area (Å²) < 4.78 is 64.6. The normalized spacial score (nSPS) is 12.3. The van der Waals surface area contributed by atoms with Gasteiger partial charge < -0.3 is 15.1 Å². The summed E-state index contributed by atoms with van der Waals surface area (Å²) in [6, 6.07) is 9.63. The summed E-state index contributed by atoms with van der Waals surface area (Å²) in [5, 5.41) is 11.2. The number of primary sulfonamides is 1. The zero-order valence-electron chi connectivity index (χ0n) is 16.7. The second-order valence-electron chi connectivity index (χ2n) is 6.61. The highest BCUT2D eigenvalue weighted by atomic mass is 127. The number of benzene rings is 1. The lowest BCUT2D eigenvalue weighted by Crippen LogP contribution is -2.39. The first-order valence-electron chi connectivity index (χ1n) is 9.36. The van der Waals surface area contributed by atoms with Crippen molar-refractivity contribution in [1.29, 1.82) is 0 Å². The van der Waals surface area contributed by atoms with Crippen LogP contribution in [0, 0.1) is 0 Å². The van der Waals surface area contributed by atoms with Crippen molar-refractivity contribution in [3.05, 3.63) is 54.0 Å². The van der Waals surface area contributed by atoms with E-state index in [1.807, 2.05) is 6.07 Å². The van der Waals surface area contributed by atoms with Crippen molar-refractivity contribution in [2.75, 3.05) is 13.1 Å². The summed E-state index contributed by atoms with van der Waals surface area (Å²) in [5.41, 5.74) is 0.756. The predicted molar refractivity (Wildman–Crippen MR) is 123 cm³/mol. The molecule has 31 heavy (non-hydrogen) atoms. The van der Waals surface area contributed by atoms with Gasteiger partial charge in [0.1, 0.15) is 5.76 Å². The summed E-state index contributed by atoms with van der Waals surface area (Å²) >= 11 is 0. The minimum atomic E-state index is -4.15. The van der Waals surface area contributed by atoms with E-state index < -0.39 is 22.6 Å². The van der Waals surface area contributed by atoms with Crippen molar-refractivity contribution >= 4 is 40.0 Å². The maximum absolute atomic E-state index is 12.2. The predicted octanol–water partition coefficient (Wildman–Crippen LogP) is 3.56. The molecule has 0 saturated carbocycles. The monoisotopic (exact) mass is 574 g/mol. The molecule has 12 heteroatoms. The molecule has 0 aliphatic rings. The molecule has 0 fully saturated rings. The van der Waals surface area contributed by atoms with Crippen LogP contribution < -0.4 is 15.8 Å². The van der Waals surface area contributed by atoms with Gasteiger partial charge in [-0.1, -0.05) is 12.1 Å². The van der Waals surface area contributed by atoms with Crippen LogP contribution in [0.3, 0.4) is 0 Å². The Balaban J connectivity index is 0.00000480. The third-order valence-corrected chi connectivity index (χ3v) is 5.02. The molecule has 2 aromatic rings. The molecule has 1 heterocycles. The van der Waals surface area contributed by atoms with E-state index in [2.05, 4.69) is 15.6 Å². The van der Waals surface area contributed by atoms with E-state index in [-0.39, 0.29) is 41.8 Å². The first-order chi connectivity index (χ1) is 14.1. The lowest BCUT2D eigenvalue weighted by Gasteiger charge is -2.13. The van der Waals surface area contributed by atoms with Crippen LogP contribution in [0.2, 0.25) is 0 Å². The average Bonchev–Trinajstić information content (AvgIpc) is 3.17. The van der Waals surface area contributed by atoms with E-state index in [0.717, 1.165) is 11.3 Å². The first-order valence-corrected chi connectivity index (χ1v) is 10.9. The first kappa shape index (κ1) is 27.2. The third-order valence-electron chi connectivity index (χ3n) is 4.10. The number of sulfonamides is 1. The van der Waals surface area contributed by atoms with E-state index in [9.17, 15) is 21.6 Å². The van der Waals surface area contributed by atoms with Crippen molar-refractivity contribution in [3.63, 3.8) is 0 Å². The van der Waals surface area contributed by atoms with Crippen LogP contribution in [-0.4, -0.2) is 33.6 Å². The summed E-state index contributed by atoms with van der Waals surface area (Å²) in [6.45, 7) is 1.11. The molecular weight excluding hydrogens is 548 g/mol. The van der Waals surface area contributed by atoms with Gasteiger partial charge in [-0.05, 0) is 42.7 Å². The molecule has 0 aliphatic heterocycles. The molecule has 0 saturated heterocycles. The van der Waals surface area contributed by atoms with Gasteiger partial charge in [0.05, 0.1) is 17.7 Å². The Bertz CT molecular complexity index is 902. The van der Waals surface area contributed by atoms with Gasteiger partial charge >= 0.3 is 6.18 Å². The molecule has 0 radical (unpaired) electrons. The van der Waals surface area contributed by atoms with Gasteiger partial charge in [-0.3, -0.25) is 0 Å². The van der Waals surface area contributed by atoms with Gasteiger partial charge in [-0.25, -0.2) is 18.5 Å². The Morgan fingerprint density at radius 1 is 1.06 bits per heavy atom. The highest BCUT2D eigenvalue weighted by molar-refractivity contribution is 14.0. The number of unbranched alkanes of at least 4 members (excludes halogenated alkanes) is 1. The van der Waals surface area contributed by atoms with Crippen molar-refractivity contribution < 1.29 is 26.0 Å². The van der Waals surface area contributed by atoms with E-state index in [1.165, 1.54) is 12.1 Å². The van der Waals surface area contributed by atoms with Gasteiger partial charge in [-0.15, -0.1) is 24.0 Å². The molecule has 2 rings (SSSR count). The maximum Gasteiger partial charge on any atom is 0.389 e. The standard InChI is InChI=1S/C19H25F3N4O3S.HI/c20-19(21,22)10-1-2-11-24-18(25-12-9-16-4-3-13-29-16)26-14-15-5-7-17(8-6-15)30(23,27)28;/h3-8,13H,1-2,9-12,14H2,(H2,23,27,28)(H2,24,25,26);1H. The van der Waals surface area contributed by atoms with Crippen LogP contribution in [0.25, 0.3) is 0 Å². The number of halogens is 4. The van der Waals surface area contributed by atoms with Crippen molar-refractivity contribution in [1.82, 2.24) is 10.6 Å². The molecule has 1 aromatic heterocycles. The minimum Gasteiger partial charge on any atom is -0.469 e. The van der Waals surface area contributed by atoms with Gasteiger partial charge in [0.2, 0.25) is 10.0 Å². The number of hydrogen-bond acceptors (Lipinski definition) is 4. The van der Waals surface area contributed by atoms with E-state index in [0.29, 0.717) is 31.9 Å². The van der Waals surface area contributed by atoms with Gasteiger partial charge in [0.25, 0.3) is 0 Å². The topological polar surface area (TPSA) is 110 Å². The van der Waals surface area contributed by atoms with Crippen LogP contribution >= 0.6 is 24.0 Å². The molecule has 4 N–H and O–H groups in total. The van der Waals surface area contributed by atoms with Gasteiger partial charge in [0.15, 0.2) is 5.96 Å². The van der Waals surface area contributed by atoms with Gasteiger partial charge in [-0.2, -0.15) is 13.2 Å². The highest BCUT2D eigenvalue weighted by Gasteiger charge is 2.25. The number of aliphatic imine (C=N–C) groups is 1. The Morgan fingerprint density at radius 3 is 2.32 bits per heavy atom. The van der Waals surface area contributed by atoms with Gasteiger partial charge in [0, 0.05) is 25.9 Å². The number of hydrogen-bond donors (Lipinski definition) is 3. The van der Waals surface area contributed by atoms with Crippen LogP contribution in [0.1, 0.15) is 30.6 Å². The van der Waals surface area contributed by atoms with Crippen molar-refractivity contribution in [2.24, 2.45) is 10.1 Å². The van der Waals surface area contributed by atoms with Crippen LogP contribution in [0.5, 0.6) is 0 Å². The summed E-state index contributed by atoms with van der Waals surface area (Å²) in [5.74, 6) is 1.25. The zero-order chi connectivity index (χ0) is 22.0. The molecule has 0 aliphatic carbocycles. The Morgan fingerprint density at radius 2 is 1.74 bits per heavy atom. The van der Waals surface area contributed by atoms with Crippen LogP contribution in [0.15, 0.2) is 57.0 Å². The Labute approximate surface area is 196 Å². The molecular formula is C19H26F3IN4O3S. The molecule has 1 aromatic carbocycles. The highest BCUT2D eigenvalue weighted by Crippen LogP contribution is 2.21. The quantitative estimate of drug-likeness (QED) is 0.174. The van der Waals surface area contributed by atoms with E-state index >= 15 is 0 Å². The molecule has 0 atom stereocenters. The zero-order valence-corrected chi connectivity index (χ0v) is 19.8. The second kappa shape index (κ2) is 12.9. The number of guanidine groups is 1. The Hall–Kier alpha value is -1.80. The summed E-state index contributed by atoms with van der Waals surface area (Å²) in [6.07, 6.45) is -2.39. The average molecular weight is 574 g/mol. The molecule has 174 valence electrons. The van der Waals surface area contributed by atoms with Crippen molar-refractivity contribution in [2.45, 2.75) is 43.3 Å².